The summed E-state index contributed by atoms with van der Waals surface area (Å²) in [5.41, 5.74) is 1.39. The van der Waals surface area contributed by atoms with Gasteiger partial charge in [0.2, 0.25) is 5.82 Å². The van der Waals surface area contributed by atoms with Gasteiger partial charge in [-0.1, -0.05) is 29.4 Å². The smallest absolute Gasteiger partial charge is 0.419 e. The maximum absolute atomic E-state index is 15.2. The Bertz CT molecular complexity index is 1670. The van der Waals surface area contributed by atoms with Crippen LogP contribution in [0.2, 0.25) is 0 Å². The second kappa shape index (κ2) is 11.1. The molecule has 1 unspecified atom stereocenters. The molecule has 0 aliphatic heterocycles. The quantitative estimate of drug-likeness (QED) is 0.221. The number of rotatable bonds is 6. The number of aryl methyl sites for hydroxylation is 2. The van der Waals surface area contributed by atoms with Crippen LogP contribution in [-0.2, 0) is 17.4 Å². The molecule has 1 saturated carbocycles. The molecule has 42 heavy (non-hydrogen) atoms. The zero-order valence-electron chi connectivity index (χ0n) is 22.1. The Labute approximate surface area is 243 Å². The average molecular weight is 606 g/mol. The van der Waals surface area contributed by atoms with Gasteiger partial charge in [0.05, 0.1) is 17.0 Å². The summed E-state index contributed by atoms with van der Waals surface area (Å²) in [7, 11) is 0. The van der Waals surface area contributed by atoms with Crippen LogP contribution in [0, 0.1) is 24.5 Å². The number of carboxylic acid groups (broad SMARTS) is 1. The Kier molecular flexibility index (Phi) is 7.84. The number of fused-ring (bicyclic) bond motifs is 1. The van der Waals surface area contributed by atoms with Gasteiger partial charge in [0.15, 0.2) is 0 Å². The van der Waals surface area contributed by atoms with Crippen molar-refractivity contribution < 1.29 is 36.4 Å². The summed E-state index contributed by atoms with van der Waals surface area (Å²) in [5.74, 6) is -3.23. The Morgan fingerprint density at radius 2 is 1.81 bits per heavy atom. The molecule has 4 aromatic rings. The van der Waals surface area contributed by atoms with Crippen LogP contribution in [0.15, 0.2) is 53.1 Å². The predicted octanol–water partition coefficient (Wildman–Crippen LogP) is 7.54. The van der Waals surface area contributed by atoms with Gasteiger partial charge in [-0.3, -0.25) is 4.79 Å². The molecule has 6 rings (SSSR count). The summed E-state index contributed by atoms with van der Waals surface area (Å²) in [6, 6.07) is 11.3. The van der Waals surface area contributed by atoms with Crippen LogP contribution < -0.4 is 5.32 Å². The fraction of sp³-hybridized carbons (Fsp3) is 0.300. The minimum Gasteiger partial charge on any atom is -0.481 e. The first-order valence-electron chi connectivity index (χ1n) is 13.1. The zero-order chi connectivity index (χ0) is 29.1. The lowest BCUT2D eigenvalue weighted by Gasteiger charge is -2.35. The van der Waals surface area contributed by atoms with Gasteiger partial charge >= 0.3 is 12.1 Å². The third-order valence-corrected chi connectivity index (χ3v) is 7.97. The Morgan fingerprint density at radius 3 is 2.52 bits per heavy atom. The first kappa shape index (κ1) is 29.7. The first-order valence-corrected chi connectivity index (χ1v) is 13.1. The second-order valence-corrected chi connectivity index (χ2v) is 10.6. The molecule has 1 aromatic heterocycles. The maximum Gasteiger partial charge on any atom is 0.419 e. The largest absolute Gasteiger partial charge is 0.481 e. The molecule has 1 fully saturated rings. The molecule has 1 heterocycles. The molecular weight excluding hydrogens is 581 g/mol. The minimum absolute atomic E-state index is 0. The molecule has 12 heteroatoms. The van der Waals surface area contributed by atoms with E-state index in [4.69, 9.17) is 9.63 Å². The number of aliphatic carboxylic acids is 1. The predicted molar refractivity (Wildman–Crippen MR) is 146 cm³/mol. The zero-order valence-corrected chi connectivity index (χ0v) is 23.0. The van der Waals surface area contributed by atoms with E-state index >= 15 is 4.39 Å². The topological polar surface area (TPSA) is 88.2 Å². The van der Waals surface area contributed by atoms with Crippen LogP contribution in [0.25, 0.3) is 34.0 Å². The number of carbonyl (C=O) groups is 1. The van der Waals surface area contributed by atoms with Crippen LogP contribution >= 0.6 is 12.4 Å². The lowest BCUT2D eigenvalue weighted by atomic mass is 9.80. The van der Waals surface area contributed by atoms with E-state index in [1.54, 1.807) is 0 Å². The van der Waals surface area contributed by atoms with Crippen LogP contribution in [0.3, 0.4) is 0 Å². The molecular formula is C30H25ClF5N3O3. The maximum atomic E-state index is 15.2. The summed E-state index contributed by atoms with van der Waals surface area (Å²) in [6.45, 7) is 1.53. The van der Waals surface area contributed by atoms with Crippen molar-refractivity contribution in [1.29, 1.82) is 0 Å². The van der Waals surface area contributed by atoms with E-state index < -0.39 is 29.3 Å². The van der Waals surface area contributed by atoms with Gasteiger partial charge in [0.1, 0.15) is 11.6 Å². The summed E-state index contributed by atoms with van der Waals surface area (Å²) in [6.07, 6.45) is -1.94. The first-order chi connectivity index (χ1) is 19.5. The summed E-state index contributed by atoms with van der Waals surface area (Å²) in [5, 5.41) is 16.6. The van der Waals surface area contributed by atoms with E-state index in [9.17, 15) is 22.4 Å². The van der Waals surface area contributed by atoms with Gasteiger partial charge in [-0.15, -0.1) is 12.4 Å². The molecule has 0 radical (unpaired) electrons. The van der Waals surface area contributed by atoms with E-state index in [2.05, 4.69) is 15.5 Å². The van der Waals surface area contributed by atoms with Crippen LogP contribution in [0.1, 0.15) is 47.6 Å². The van der Waals surface area contributed by atoms with Crippen molar-refractivity contribution in [3.05, 3.63) is 82.4 Å². The third-order valence-electron chi connectivity index (χ3n) is 7.97. The van der Waals surface area contributed by atoms with E-state index in [0.717, 1.165) is 36.1 Å². The summed E-state index contributed by atoms with van der Waals surface area (Å²) >= 11 is 0. The molecule has 2 aliphatic carbocycles. The van der Waals surface area contributed by atoms with E-state index in [0.29, 0.717) is 30.0 Å². The lowest BCUT2D eigenvalue weighted by molar-refractivity contribution is -0.145. The second-order valence-electron chi connectivity index (χ2n) is 10.6. The molecule has 3 aromatic carbocycles. The normalized spacial score (nSPS) is 19.6. The number of hydrogen-bond donors (Lipinski definition) is 2. The molecule has 0 bridgehead atoms. The number of alkyl halides is 3. The molecule has 0 amide bonds. The van der Waals surface area contributed by atoms with Crippen molar-refractivity contribution in [1.82, 2.24) is 15.5 Å². The number of carboxylic acids is 1. The van der Waals surface area contributed by atoms with Crippen molar-refractivity contribution in [3.8, 4) is 34.0 Å². The molecule has 0 spiro atoms. The van der Waals surface area contributed by atoms with Crippen molar-refractivity contribution in [2.45, 2.75) is 50.9 Å². The SMILES string of the molecule is Cc1cc(-c2nc(-c3ccc4c(c3)CCC4NC3CC(C(=O)O)C3)no2)c(F)cc1-c1cccc(C(F)(F)F)c1F.Cl. The standard InChI is InChI=1S/C30H24F5N3O3.ClH/c1-14-9-22(24(31)13-21(14)20-3-2-4-23(26(20)32)30(33,34)35)28-37-27(38-41-28)16-5-7-19-15(10-16)6-8-25(19)36-18-11-17(12-18)29(39)40;/h2-5,7,9-10,13,17-18,25,36H,6,8,11-12H2,1H3,(H,39,40);1H. The Morgan fingerprint density at radius 1 is 1.05 bits per heavy atom. The number of nitrogens with one attached hydrogen (secondary N) is 1. The van der Waals surface area contributed by atoms with Crippen LogP contribution in [0.4, 0.5) is 22.0 Å². The van der Waals surface area contributed by atoms with Gasteiger partial charge < -0.3 is 14.9 Å². The minimum atomic E-state index is -4.89. The van der Waals surface area contributed by atoms with E-state index in [1.807, 2.05) is 18.2 Å². The summed E-state index contributed by atoms with van der Waals surface area (Å²) < 4.78 is 74.8. The van der Waals surface area contributed by atoms with Crippen molar-refractivity contribution >= 4 is 18.4 Å². The number of benzene rings is 3. The lowest BCUT2D eigenvalue weighted by Crippen LogP contribution is -2.45. The van der Waals surface area contributed by atoms with Crippen molar-refractivity contribution in [2.75, 3.05) is 0 Å². The Hall–Kier alpha value is -3.83. The monoisotopic (exact) mass is 605 g/mol. The molecule has 0 saturated heterocycles. The van der Waals surface area contributed by atoms with Gasteiger partial charge in [-0.05, 0) is 79.1 Å². The highest BCUT2D eigenvalue weighted by atomic mass is 35.5. The molecule has 2 aliphatic rings. The van der Waals surface area contributed by atoms with Gasteiger partial charge in [0.25, 0.3) is 5.89 Å². The molecule has 6 nitrogen and oxygen atoms in total. The number of halogens is 6. The molecule has 2 N–H and O–H groups in total. The number of aromatic nitrogens is 2. The van der Waals surface area contributed by atoms with E-state index in [1.165, 1.54) is 19.1 Å². The van der Waals surface area contributed by atoms with Gasteiger partial charge in [-0.25, -0.2) is 8.78 Å². The van der Waals surface area contributed by atoms with Gasteiger partial charge in [0, 0.05) is 23.2 Å². The molecule has 220 valence electrons. The highest BCUT2D eigenvalue weighted by Gasteiger charge is 2.37. The van der Waals surface area contributed by atoms with Crippen molar-refractivity contribution in [3.63, 3.8) is 0 Å². The fourth-order valence-corrected chi connectivity index (χ4v) is 5.71. The van der Waals surface area contributed by atoms with Crippen LogP contribution in [0.5, 0.6) is 0 Å². The van der Waals surface area contributed by atoms with Crippen molar-refractivity contribution in [2.24, 2.45) is 5.92 Å². The average Bonchev–Trinajstić information content (AvgIpc) is 3.53. The highest BCUT2D eigenvalue weighted by Crippen LogP contribution is 2.39. The third kappa shape index (κ3) is 5.38. The number of hydrogen-bond acceptors (Lipinski definition) is 5. The van der Waals surface area contributed by atoms with Gasteiger partial charge in [-0.2, -0.15) is 18.2 Å². The molecule has 1 atom stereocenters. The highest BCUT2D eigenvalue weighted by molar-refractivity contribution is 5.85. The van der Waals surface area contributed by atoms with E-state index in [-0.39, 0.29) is 58.8 Å². The Balaban J connectivity index is 0.00000353. The van der Waals surface area contributed by atoms with Crippen LogP contribution in [-0.4, -0.2) is 27.3 Å². The fourth-order valence-electron chi connectivity index (χ4n) is 5.71. The summed E-state index contributed by atoms with van der Waals surface area (Å²) in [4.78, 5) is 15.4. The number of nitrogens with zero attached hydrogens (tertiary/aromatic N) is 2.